The van der Waals surface area contributed by atoms with Crippen LogP contribution in [-0.4, -0.2) is 39.3 Å². The molecular formula is C24H22ClN7O2. The number of ether oxygens (including phenoxy) is 1. The monoisotopic (exact) mass is 475 g/mol. The Morgan fingerprint density at radius 2 is 1.85 bits per heavy atom. The molecule has 1 amide bonds. The molecule has 10 heteroatoms. The number of para-hydroxylation sites is 1. The molecule has 172 valence electrons. The van der Waals surface area contributed by atoms with E-state index in [-0.39, 0.29) is 6.09 Å². The molecule has 0 saturated carbocycles. The number of amides is 1. The number of fused-ring (bicyclic) bond motifs is 1. The van der Waals surface area contributed by atoms with E-state index in [1.165, 1.54) is 4.90 Å². The number of rotatable bonds is 5. The van der Waals surface area contributed by atoms with Gasteiger partial charge in [0.1, 0.15) is 10.8 Å². The number of hydrogen-bond donors (Lipinski definition) is 2. The van der Waals surface area contributed by atoms with E-state index in [0.717, 1.165) is 34.0 Å². The number of carbonyl (C=O) groups excluding carboxylic acids is 1. The molecule has 0 bridgehead atoms. The molecule has 2 N–H and O–H groups in total. The molecule has 5 rings (SSSR count). The van der Waals surface area contributed by atoms with Crippen molar-refractivity contribution >= 4 is 46.5 Å². The van der Waals surface area contributed by atoms with E-state index in [9.17, 15) is 4.79 Å². The second-order valence-electron chi connectivity index (χ2n) is 7.77. The molecule has 0 unspecified atom stereocenters. The fourth-order valence-electron chi connectivity index (χ4n) is 3.88. The molecule has 34 heavy (non-hydrogen) atoms. The molecule has 1 aliphatic rings. The van der Waals surface area contributed by atoms with Crippen LogP contribution in [0.4, 0.5) is 33.6 Å². The number of cyclic esters (lactones) is 1. The van der Waals surface area contributed by atoms with Crippen LogP contribution in [0.5, 0.6) is 0 Å². The summed E-state index contributed by atoms with van der Waals surface area (Å²) in [6.07, 6.45) is 5.39. The van der Waals surface area contributed by atoms with Crippen molar-refractivity contribution in [1.29, 1.82) is 0 Å². The molecule has 0 fully saturated rings. The van der Waals surface area contributed by atoms with E-state index < -0.39 is 0 Å². The van der Waals surface area contributed by atoms with Gasteiger partial charge in [-0.05, 0) is 24.3 Å². The third-order valence-corrected chi connectivity index (χ3v) is 5.87. The Kier molecular flexibility index (Phi) is 5.77. The second-order valence-corrected chi connectivity index (χ2v) is 8.18. The highest BCUT2D eigenvalue weighted by molar-refractivity contribution is 6.33. The minimum Gasteiger partial charge on any atom is -0.449 e. The quantitative estimate of drug-likeness (QED) is 0.412. The lowest BCUT2D eigenvalue weighted by Gasteiger charge is -2.18. The van der Waals surface area contributed by atoms with Crippen molar-refractivity contribution in [3.63, 3.8) is 0 Å². The molecule has 0 saturated heterocycles. The van der Waals surface area contributed by atoms with Crippen LogP contribution in [0.25, 0.3) is 11.4 Å². The number of imidazole rings is 1. The van der Waals surface area contributed by atoms with Crippen LogP contribution in [0.1, 0.15) is 5.56 Å². The first kappa shape index (κ1) is 21.7. The Labute approximate surface area is 201 Å². The number of aryl methyl sites for hydroxylation is 1. The zero-order chi connectivity index (χ0) is 23.7. The third kappa shape index (κ3) is 4.13. The summed E-state index contributed by atoms with van der Waals surface area (Å²) in [5, 5.41) is 6.97. The lowest BCUT2D eigenvalue weighted by atomic mass is 10.1. The SMILES string of the molecule is CN1C(=O)OCCc2c(Nc3ncc(Cl)c(Nc4ccccc4-c4nccn4C)n3)cccc21. The van der Waals surface area contributed by atoms with Gasteiger partial charge >= 0.3 is 6.09 Å². The summed E-state index contributed by atoms with van der Waals surface area (Å²) in [6, 6.07) is 13.5. The summed E-state index contributed by atoms with van der Waals surface area (Å²) in [4.78, 5) is 27.0. The number of anilines is 5. The van der Waals surface area contributed by atoms with Crippen LogP contribution in [0.2, 0.25) is 5.02 Å². The van der Waals surface area contributed by atoms with Gasteiger partial charge in [0.05, 0.1) is 24.2 Å². The molecule has 0 radical (unpaired) electrons. The number of carbonyl (C=O) groups is 1. The predicted molar refractivity (Wildman–Crippen MR) is 132 cm³/mol. The summed E-state index contributed by atoms with van der Waals surface area (Å²) < 4.78 is 7.19. The van der Waals surface area contributed by atoms with E-state index in [4.69, 9.17) is 16.3 Å². The second kappa shape index (κ2) is 9.03. The minimum absolute atomic E-state index is 0.299. The molecule has 0 atom stereocenters. The zero-order valence-electron chi connectivity index (χ0n) is 18.6. The molecule has 2 aromatic carbocycles. The van der Waals surface area contributed by atoms with E-state index in [2.05, 4.69) is 25.6 Å². The van der Waals surface area contributed by atoms with Crippen molar-refractivity contribution in [2.75, 3.05) is 29.2 Å². The highest BCUT2D eigenvalue weighted by Gasteiger charge is 2.22. The van der Waals surface area contributed by atoms with Crippen molar-refractivity contribution in [1.82, 2.24) is 19.5 Å². The molecule has 4 aromatic rings. The molecule has 0 spiro atoms. The maximum absolute atomic E-state index is 12.1. The zero-order valence-corrected chi connectivity index (χ0v) is 19.4. The number of nitrogens with zero attached hydrogens (tertiary/aromatic N) is 5. The summed E-state index contributed by atoms with van der Waals surface area (Å²) in [5.74, 6) is 1.65. The van der Waals surface area contributed by atoms with Crippen molar-refractivity contribution in [2.24, 2.45) is 7.05 Å². The Hall–Kier alpha value is -4.11. The van der Waals surface area contributed by atoms with Crippen molar-refractivity contribution in [2.45, 2.75) is 6.42 Å². The first-order valence-electron chi connectivity index (χ1n) is 10.7. The van der Waals surface area contributed by atoms with Crippen LogP contribution in [0, 0.1) is 0 Å². The smallest absolute Gasteiger partial charge is 0.414 e. The van der Waals surface area contributed by atoms with Crippen molar-refractivity contribution in [3.05, 3.63) is 71.6 Å². The maximum atomic E-state index is 12.1. The van der Waals surface area contributed by atoms with E-state index >= 15 is 0 Å². The summed E-state index contributed by atoms with van der Waals surface area (Å²) >= 11 is 6.43. The van der Waals surface area contributed by atoms with Gasteiger partial charge in [0, 0.05) is 49.7 Å². The fraction of sp³-hybridized carbons (Fsp3) is 0.167. The number of hydrogen-bond acceptors (Lipinski definition) is 7. The first-order chi connectivity index (χ1) is 16.5. The van der Waals surface area contributed by atoms with Crippen molar-refractivity contribution < 1.29 is 9.53 Å². The average molecular weight is 476 g/mol. The van der Waals surface area contributed by atoms with Crippen molar-refractivity contribution in [3.8, 4) is 11.4 Å². The number of nitrogens with one attached hydrogen (secondary N) is 2. The van der Waals surface area contributed by atoms with Crippen LogP contribution < -0.4 is 15.5 Å². The van der Waals surface area contributed by atoms with E-state index in [1.54, 1.807) is 19.4 Å². The largest absolute Gasteiger partial charge is 0.449 e. The fourth-order valence-corrected chi connectivity index (χ4v) is 4.02. The van der Waals surface area contributed by atoms with Gasteiger partial charge in [-0.2, -0.15) is 4.98 Å². The van der Waals surface area contributed by atoms with Gasteiger partial charge in [0.25, 0.3) is 0 Å². The van der Waals surface area contributed by atoms with E-state index in [1.807, 2.05) is 60.3 Å². The molecule has 9 nitrogen and oxygen atoms in total. The summed E-state index contributed by atoms with van der Waals surface area (Å²) in [7, 11) is 3.63. The Bertz CT molecular complexity index is 1370. The van der Waals surface area contributed by atoms with Gasteiger partial charge in [0.15, 0.2) is 5.82 Å². The summed E-state index contributed by atoms with van der Waals surface area (Å²) in [5.41, 5.74) is 4.26. The number of benzene rings is 2. The highest BCUT2D eigenvalue weighted by Crippen LogP contribution is 2.34. The standard InChI is InChI=1S/C24H22ClN7O2/c1-31-12-11-26-22(31)16-6-3-4-7-19(16)28-21-17(25)14-27-23(30-21)29-18-8-5-9-20-15(18)10-13-34-24(33)32(20)2/h3-9,11-12,14H,10,13H2,1-2H3,(H2,27,28,29,30). The number of aromatic nitrogens is 4. The van der Waals surface area contributed by atoms with Gasteiger partial charge < -0.3 is 19.9 Å². The predicted octanol–water partition coefficient (Wildman–Crippen LogP) is 5.15. The highest BCUT2D eigenvalue weighted by atomic mass is 35.5. The Balaban J connectivity index is 1.46. The van der Waals surface area contributed by atoms with Gasteiger partial charge in [-0.1, -0.05) is 29.8 Å². The molecule has 3 heterocycles. The Morgan fingerprint density at radius 1 is 1.03 bits per heavy atom. The third-order valence-electron chi connectivity index (χ3n) is 5.60. The van der Waals surface area contributed by atoms with Gasteiger partial charge in [0.2, 0.25) is 5.95 Å². The lowest BCUT2D eigenvalue weighted by Crippen LogP contribution is -2.25. The van der Waals surface area contributed by atoms with E-state index in [0.29, 0.717) is 29.8 Å². The van der Waals surface area contributed by atoms with Gasteiger partial charge in [-0.3, -0.25) is 4.90 Å². The van der Waals surface area contributed by atoms with Gasteiger partial charge in [-0.15, -0.1) is 0 Å². The van der Waals surface area contributed by atoms with Crippen LogP contribution >= 0.6 is 11.6 Å². The van der Waals surface area contributed by atoms with Crippen LogP contribution in [-0.2, 0) is 18.2 Å². The molecular weight excluding hydrogens is 454 g/mol. The molecule has 1 aliphatic heterocycles. The number of halogens is 1. The minimum atomic E-state index is -0.378. The maximum Gasteiger partial charge on any atom is 0.414 e. The molecule has 2 aromatic heterocycles. The van der Waals surface area contributed by atoms with Gasteiger partial charge in [-0.25, -0.2) is 14.8 Å². The van der Waals surface area contributed by atoms with Crippen LogP contribution in [0.15, 0.2) is 61.1 Å². The first-order valence-corrected chi connectivity index (χ1v) is 11.0. The normalized spacial score (nSPS) is 13.1. The average Bonchev–Trinajstić information content (AvgIpc) is 3.21. The van der Waals surface area contributed by atoms with Crippen LogP contribution in [0.3, 0.4) is 0 Å². The Morgan fingerprint density at radius 3 is 2.68 bits per heavy atom. The molecule has 0 aliphatic carbocycles. The lowest BCUT2D eigenvalue weighted by molar-refractivity contribution is 0.159. The summed E-state index contributed by atoms with van der Waals surface area (Å²) in [6.45, 7) is 0.299. The topological polar surface area (TPSA) is 97.2 Å².